The minimum atomic E-state index is -1.02. The van der Waals surface area contributed by atoms with Crippen LogP contribution in [0.1, 0.15) is 54.9 Å². The third-order valence-electron chi connectivity index (χ3n) is 11.7. The fourth-order valence-corrected chi connectivity index (χ4v) is 8.78. The highest BCUT2D eigenvalue weighted by molar-refractivity contribution is 6.60. The minimum absolute atomic E-state index is 0.0210. The summed E-state index contributed by atoms with van der Waals surface area (Å²) in [6.07, 6.45) is 0. The smallest absolute Gasteiger partial charge is 0.335 e. The van der Waals surface area contributed by atoms with Crippen molar-refractivity contribution in [3.8, 4) is 11.5 Å². The van der Waals surface area contributed by atoms with E-state index in [0.29, 0.717) is 33.8 Å². The summed E-state index contributed by atoms with van der Waals surface area (Å²) in [4.78, 5) is 41.2. The van der Waals surface area contributed by atoms with Gasteiger partial charge in [-0.15, -0.1) is 0 Å². The van der Waals surface area contributed by atoms with Gasteiger partial charge in [-0.25, -0.2) is 4.79 Å². The summed E-state index contributed by atoms with van der Waals surface area (Å²) in [5, 5.41) is 9.69. The Bertz CT molecular complexity index is 3200. The lowest BCUT2D eigenvalue weighted by Gasteiger charge is -2.15. The van der Waals surface area contributed by atoms with Gasteiger partial charge in [-0.3, -0.25) is 9.59 Å². The summed E-state index contributed by atoms with van der Waals surface area (Å²) >= 11 is 0. The van der Waals surface area contributed by atoms with Gasteiger partial charge in [0.05, 0.1) is 5.56 Å². The van der Waals surface area contributed by atoms with Gasteiger partial charge in [-0.2, -0.15) is 0 Å². The lowest BCUT2D eigenvalue weighted by molar-refractivity contribution is -0.109. The molecule has 2 aliphatic rings. The van der Waals surface area contributed by atoms with Crippen LogP contribution in [-0.2, 0) is 9.59 Å². The predicted octanol–water partition coefficient (Wildman–Crippen LogP) is 13.4. The first kappa shape index (κ1) is 39.5. The number of carboxylic acid groups (broad SMARTS) is 1. The number of carboxylic acids is 1. The summed E-state index contributed by atoms with van der Waals surface area (Å²) in [6, 6.07) is 71.3. The van der Waals surface area contributed by atoms with Crippen molar-refractivity contribution in [1.29, 1.82) is 0 Å². The van der Waals surface area contributed by atoms with E-state index in [0.717, 1.165) is 66.8 Å². The second-order valence-corrected chi connectivity index (χ2v) is 15.5. The van der Waals surface area contributed by atoms with Crippen LogP contribution in [0.3, 0.4) is 0 Å². The quantitative estimate of drug-likeness (QED) is 0.140. The lowest BCUT2D eigenvalue weighted by Crippen LogP contribution is -2.02. The van der Waals surface area contributed by atoms with Gasteiger partial charge in [-0.05, 0) is 80.9 Å². The van der Waals surface area contributed by atoms with Gasteiger partial charge in [0.1, 0.15) is 11.5 Å². The van der Waals surface area contributed by atoms with Crippen LogP contribution in [0.4, 0.5) is 0 Å². The Hall–Kier alpha value is -8.67. The zero-order chi connectivity index (χ0) is 43.6. The maximum absolute atomic E-state index is 14.7. The number of hydrogen-bond acceptors (Lipinski definition) is 4. The molecule has 0 amide bonds. The van der Waals surface area contributed by atoms with E-state index in [2.05, 4.69) is 12.1 Å². The van der Waals surface area contributed by atoms with Crippen LogP contribution in [-0.4, -0.2) is 22.6 Å². The Balaban J connectivity index is 1.03. The topological polar surface area (TPSA) is 80.7 Å². The number of benzene rings is 8. The number of hydrogen-bond donors (Lipinski definition) is 1. The van der Waals surface area contributed by atoms with Crippen molar-refractivity contribution in [3.63, 3.8) is 0 Å². The zero-order valence-corrected chi connectivity index (χ0v) is 34.4. The molecule has 8 aromatic carbocycles. The Morgan fingerprint density at radius 1 is 0.281 bits per heavy atom. The highest BCUT2D eigenvalue weighted by atomic mass is 16.5. The van der Waals surface area contributed by atoms with Crippen LogP contribution in [0, 0.1) is 0 Å². The lowest BCUT2D eigenvalue weighted by atomic mass is 9.89. The van der Waals surface area contributed by atoms with E-state index in [1.54, 1.807) is 24.3 Å². The number of ketones is 2. The molecule has 0 atom stereocenters. The van der Waals surface area contributed by atoms with E-state index in [1.807, 2.05) is 188 Å². The molecule has 0 radical (unpaired) electrons. The van der Waals surface area contributed by atoms with Crippen LogP contribution >= 0.6 is 0 Å². The highest BCUT2D eigenvalue weighted by Crippen LogP contribution is 2.51. The second kappa shape index (κ2) is 17.0. The summed E-state index contributed by atoms with van der Waals surface area (Å²) in [5.41, 5.74) is 12.5. The summed E-state index contributed by atoms with van der Waals surface area (Å²) < 4.78 is 6.47. The van der Waals surface area contributed by atoms with E-state index in [4.69, 9.17) is 4.74 Å². The molecule has 5 heteroatoms. The van der Waals surface area contributed by atoms with Crippen molar-refractivity contribution in [2.24, 2.45) is 0 Å². The van der Waals surface area contributed by atoms with Gasteiger partial charge in [0.2, 0.25) is 0 Å². The van der Waals surface area contributed by atoms with Gasteiger partial charge in [0.15, 0.2) is 11.6 Å². The van der Waals surface area contributed by atoms with Crippen molar-refractivity contribution < 1.29 is 24.2 Å². The number of allylic oxidation sites excluding steroid dienone is 8. The van der Waals surface area contributed by atoms with Crippen LogP contribution < -0.4 is 4.74 Å². The van der Waals surface area contributed by atoms with Gasteiger partial charge < -0.3 is 9.84 Å². The van der Waals surface area contributed by atoms with Crippen molar-refractivity contribution in [2.45, 2.75) is 0 Å². The number of Topliss-reactive ketones (excluding diaryl/α,β-unsaturated/α-hetero) is 2. The third kappa shape index (κ3) is 7.31. The molecule has 0 aromatic heterocycles. The summed E-state index contributed by atoms with van der Waals surface area (Å²) in [7, 11) is 0. The van der Waals surface area contributed by atoms with E-state index < -0.39 is 5.97 Å². The average Bonchev–Trinajstić information content (AvgIpc) is 3.84. The van der Waals surface area contributed by atoms with E-state index in [-0.39, 0.29) is 17.1 Å². The molecule has 304 valence electrons. The molecular weight excluding hydrogens is 789 g/mol. The maximum Gasteiger partial charge on any atom is 0.335 e. The SMILES string of the molecule is O=C1C(c2ccccc2)=C(c2ccccc2)C(c2ccc(Oc3ccc(C4=C(c5ccccc5)C(=O)C(c5ccccc5)=C4c4ccc(C(=O)O)cc4)cc3)cc2)=C1c1ccccc1. The first-order chi connectivity index (χ1) is 31.4. The normalized spacial score (nSPS) is 13.9. The molecule has 2 aliphatic carbocycles. The van der Waals surface area contributed by atoms with Crippen LogP contribution in [0.25, 0.3) is 44.6 Å². The summed E-state index contributed by atoms with van der Waals surface area (Å²) in [5.74, 6) is 0.0553. The van der Waals surface area contributed by atoms with Gasteiger partial charge >= 0.3 is 5.97 Å². The number of carbonyl (C=O) groups excluding carboxylic acids is 2. The van der Waals surface area contributed by atoms with Crippen LogP contribution in [0.15, 0.2) is 224 Å². The molecule has 0 saturated carbocycles. The molecule has 1 N–H and O–H groups in total. The van der Waals surface area contributed by atoms with E-state index >= 15 is 0 Å². The molecule has 8 aromatic rings. The Kier molecular flexibility index (Phi) is 10.5. The molecule has 0 spiro atoms. The van der Waals surface area contributed by atoms with E-state index in [1.165, 1.54) is 0 Å². The van der Waals surface area contributed by atoms with Gasteiger partial charge in [-0.1, -0.05) is 188 Å². The number of carbonyl (C=O) groups is 3. The maximum atomic E-state index is 14.7. The molecule has 0 heterocycles. The molecule has 0 aliphatic heterocycles. The minimum Gasteiger partial charge on any atom is -0.478 e. The first-order valence-corrected chi connectivity index (χ1v) is 21.0. The fourth-order valence-electron chi connectivity index (χ4n) is 8.78. The Labute approximate surface area is 370 Å². The Morgan fingerprint density at radius 3 is 0.750 bits per heavy atom. The van der Waals surface area contributed by atoms with Crippen LogP contribution in [0.5, 0.6) is 11.5 Å². The summed E-state index contributed by atoms with van der Waals surface area (Å²) in [6.45, 7) is 0. The Morgan fingerprint density at radius 2 is 0.500 bits per heavy atom. The van der Waals surface area contributed by atoms with E-state index in [9.17, 15) is 19.5 Å². The molecule has 0 fully saturated rings. The molecule has 5 nitrogen and oxygen atoms in total. The molecule has 64 heavy (non-hydrogen) atoms. The average molecular weight is 827 g/mol. The van der Waals surface area contributed by atoms with Crippen molar-refractivity contribution >= 4 is 62.1 Å². The first-order valence-electron chi connectivity index (χ1n) is 21.0. The molecule has 0 unspecified atom stereocenters. The third-order valence-corrected chi connectivity index (χ3v) is 11.7. The van der Waals surface area contributed by atoms with Gasteiger partial charge in [0, 0.05) is 44.6 Å². The number of ether oxygens (including phenoxy) is 1. The predicted molar refractivity (Wildman–Crippen MR) is 256 cm³/mol. The largest absolute Gasteiger partial charge is 0.478 e. The number of aromatic carboxylic acids is 1. The highest BCUT2D eigenvalue weighted by Gasteiger charge is 2.37. The van der Waals surface area contributed by atoms with Crippen molar-refractivity contribution in [3.05, 3.63) is 275 Å². The monoisotopic (exact) mass is 826 g/mol. The second-order valence-electron chi connectivity index (χ2n) is 15.5. The van der Waals surface area contributed by atoms with Crippen molar-refractivity contribution in [2.75, 3.05) is 0 Å². The van der Waals surface area contributed by atoms with Crippen molar-refractivity contribution in [1.82, 2.24) is 0 Å². The standard InChI is InChI=1S/C59H38O5/c60-57-53(39-18-8-2-9-19-39)49(38-16-6-1-7-17-38)51(55(57)41-22-12-4-13-23-41)44-30-34-47(35-31-44)64-48-36-32-45(33-37-48)52-50(43-26-28-46(29-27-43)59(62)63)54(40-20-10-3-11-21-40)58(61)56(52)42-24-14-5-15-25-42/h1-37H,(H,62,63). The van der Waals surface area contributed by atoms with Gasteiger partial charge in [0.25, 0.3) is 0 Å². The number of rotatable bonds is 11. The molecule has 0 bridgehead atoms. The molecule has 0 saturated heterocycles. The molecular formula is C59H38O5. The zero-order valence-electron chi connectivity index (χ0n) is 34.4. The fraction of sp³-hybridized carbons (Fsp3) is 0. The molecule has 10 rings (SSSR count). The van der Waals surface area contributed by atoms with Crippen LogP contribution in [0.2, 0.25) is 0 Å².